The summed E-state index contributed by atoms with van der Waals surface area (Å²) in [6.45, 7) is 0. The fraction of sp³-hybridized carbons (Fsp3) is 0.0714. The van der Waals surface area contributed by atoms with E-state index in [1.54, 1.807) is 6.07 Å². The Morgan fingerprint density at radius 1 is 1.15 bits per heavy atom. The van der Waals surface area contributed by atoms with Crippen molar-refractivity contribution < 1.29 is 4.39 Å². The van der Waals surface area contributed by atoms with Crippen LogP contribution in [0.4, 0.5) is 4.39 Å². The van der Waals surface area contributed by atoms with E-state index in [-0.39, 0.29) is 11.7 Å². The first-order valence-corrected chi connectivity index (χ1v) is 7.90. The third kappa shape index (κ3) is 2.38. The highest BCUT2D eigenvalue weighted by molar-refractivity contribution is 9.10. The zero-order valence-electron chi connectivity index (χ0n) is 10.1. The van der Waals surface area contributed by atoms with Crippen LogP contribution in [0, 0.1) is 5.82 Å². The highest BCUT2D eigenvalue weighted by Crippen LogP contribution is 2.29. The second kappa shape index (κ2) is 5.47. The summed E-state index contributed by atoms with van der Waals surface area (Å²) in [4.78, 5) is 4.52. The second-order valence-electron chi connectivity index (χ2n) is 4.23. The lowest BCUT2D eigenvalue weighted by atomic mass is 10.2. The molecule has 20 heavy (non-hydrogen) atoms. The van der Waals surface area contributed by atoms with Gasteiger partial charge in [0.05, 0.1) is 22.6 Å². The number of nitrogens with zero attached hydrogens (tertiary/aromatic N) is 2. The zero-order valence-corrected chi connectivity index (χ0v) is 14.0. The molecule has 0 bridgehead atoms. The number of rotatable bonds is 2. The first kappa shape index (κ1) is 14.0. The number of benzene rings is 2. The Morgan fingerprint density at radius 3 is 2.65 bits per heavy atom. The van der Waals surface area contributed by atoms with Crippen LogP contribution < -0.4 is 0 Å². The largest absolute Gasteiger partial charge is 0.294 e. The molecule has 102 valence electrons. The highest BCUT2D eigenvalue weighted by Gasteiger charge is 2.14. The minimum Gasteiger partial charge on any atom is -0.294 e. The molecule has 2 nitrogen and oxygen atoms in total. The SMILES string of the molecule is Fc1ccc(-n2c(CCl)nc3cc(Br)ccc32)c(Br)c1. The van der Waals surface area contributed by atoms with Gasteiger partial charge in [-0.15, -0.1) is 11.6 Å². The van der Waals surface area contributed by atoms with Gasteiger partial charge in [-0.25, -0.2) is 9.37 Å². The van der Waals surface area contributed by atoms with E-state index in [0.29, 0.717) is 10.3 Å². The summed E-state index contributed by atoms with van der Waals surface area (Å²) < 4.78 is 16.8. The third-order valence-electron chi connectivity index (χ3n) is 2.96. The lowest BCUT2D eigenvalue weighted by molar-refractivity contribution is 0.626. The number of imidazole rings is 1. The molecule has 0 atom stereocenters. The van der Waals surface area contributed by atoms with Crippen molar-refractivity contribution in [2.75, 3.05) is 0 Å². The number of alkyl halides is 1. The molecule has 0 aliphatic heterocycles. The Bertz CT molecular complexity index is 801. The lowest BCUT2D eigenvalue weighted by Gasteiger charge is -2.10. The Labute approximate surface area is 136 Å². The van der Waals surface area contributed by atoms with Crippen LogP contribution in [0.3, 0.4) is 0 Å². The summed E-state index contributed by atoms with van der Waals surface area (Å²) in [5, 5.41) is 0. The fourth-order valence-corrected chi connectivity index (χ4v) is 3.18. The van der Waals surface area contributed by atoms with E-state index >= 15 is 0 Å². The van der Waals surface area contributed by atoms with Gasteiger partial charge in [-0.2, -0.15) is 0 Å². The predicted octanol–water partition coefficient (Wildman–Crippen LogP) is 5.43. The summed E-state index contributed by atoms with van der Waals surface area (Å²) in [6, 6.07) is 10.4. The van der Waals surface area contributed by atoms with Gasteiger partial charge in [0.15, 0.2) is 0 Å². The molecule has 2 aromatic carbocycles. The van der Waals surface area contributed by atoms with Crippen LogP contribution in [0.5, 0.6) is 0 Å². The van der Waals surface area contributed by atoms with E-state index in [2.05, 4.69) is 36.8 Å². The van der Waals surface area contributed by atoms with Crippen molar-refractivity contribution in [3.8, 4) is 5.69 Å². The number of hydrogen-bond donors (Lipinski definition) is 0. The first-order chi connectivity index (χ1) is 9.60. The molecule has 0 N–H and O–H groups in total. The van der Waals surface area contributed by atoms with Gasteiger partial charge in [0.2, 0.25) is 0 Å². The van der Waals surface area contributed by atoms with E-state index in [1.807, 2.05) is 22.8 Å². The summed E-state index contributed by atoms with van der Waals surface area (Å²) in [6.07, 6.45) is 0. The maximum Gasteiger partial charge on any atom is 0.129 e. The molecule has 0 fully saturated rings. The van der Waals surface area contributed by atoms with E-state index in [9.17, 15) is 4.39 Å². The Kier molecular flexibility index (Phi) is 3.84. The van der Waals surface area contributed by atoms with Crippen LogP contribution in [0.15, 0.2) is 45.3 Å². The fourth-order valence-electron chi connectivity index (χ4n) is 2.12. The maximum atomic E-state index is 13.3. The van der Waals surface area contributed by atoms with E-state index in [0.717, 1.165) is 21.2 Å². The molecule has 1 aromatic heterocycles. The van der Waals surface area contributed by atoms with Crippen molar-refractivity contribution in [2.45, 2.75) is 5.88 Å². The molecule has 0 unspecified atom stereocenters. The number of fused-ring (bicyclic) bond motifs is 1. The van der Waals surface area contributed by atoms with Gasteiger partial charge in [-0.3, -0.25) is 4.57 Å². The van der Waals surface area contributed by atoms with Gasteiger partial charge in [0, 0.05) is 8.95 Å². The topological polar surface area (TPSA) is 17.8 Å². The molecule has 0 saturated heterocycles. The molecule has 0 amide bonds. The number of hydrogen-bond acceptors (Lipinski definition) is 1. The van der Waals surface area contributed by atoms with Crippen LogP contribution in [-0.4, -0.2) is 9.55 Å². The van der Waals surface area contributed by atoms with Crippen LogP contribution >= 0.6 is 43.5 Å². The van der Waals surface area contributed by atoms with Crippen molar-refractivity contribution in [1.82, 2.24) is 9.55 Å². The van der Waals surface area contributed by atoms with Crippen molar-refractivity contribution in [1.29, 1.82) is 0 Å². The molecule has 0 aliphatic carbocycles. The van der Waals surface area contributed by atoms with Crippen molar-refractivity contribution in [3.05, 3.63) is 57.0 Å². The summed E-state index contributed by atoms with van der Waals surface area (Å²) in [5.41, 5.74) is 2.58. The summed E-state index contributed by atoms with van der Waals surface area (Å²) >= 11 is 12.8. The van der Waals surface area contributed by atoms with E-state index < -0.39 is 0 Å². The van der Waals surface area contributed by atoms with Gasteiger partial charge < -0.3 is 0 Å². The number of aromatic nitrogens is 2. The number of halogens is 4. The highest BCUT2D eigenvalue weighted by atomic mass is 79.9. The van der Waals surface area contributed by atoms with Gasteiger partial charge in [0.25, 0.3) is 0 Å². The zero-order chi connectivity index (χ0) is 14.3. The molecule has 0 aliphatic rings. The van der Waals surface area contributed by atoms with Gasteiger partial charge in [0.1, 0.15) is 11.6 Å². The minimum atomic E-state index is -0.291. The van der Waals surface area contributed by atoms with Crippen molar-refractivity contribution in [2.24, 2.45) is 0 Å². The molecular weight excluding hydrogens is 410 g/mol. The summed E-state index contributed by atoms with van der Waals surface area (Å²) in [5.74, 6) is 0.697. The molecule has 0 saturated carbocycles. The van der Waals surface area contributed by atoms with Crippen LogP contribution in [0.2, 0.25) is 0 Å². The van der Waals surface area contributed by atoms with E-state index in [1.165, 1.54) is 12.1 Å². The molecule has 3 aromatic rings. The van der Waals surface area contributed by atoms with Crippen LogP contribution in [0.25, 0.3) is 16.7 Å². The molecule has 3 rings (SSSR count). The average Bonchev–Trinajstić information content (AvgIpc) is 2.76. The minimum absolute atomic E-state index is 0.274. The predicted molar refractivity (Wildman–Crippen MR) is 86.0 cm³/mol. The van der Waals surface area contributed by atoms with Gasteiger partial charge in [-0.1, -0.05) is 15.9 Å². The maximum absolute atomic E-state index is 13.3. The quantitative estimate of drug-likeness (QED) is 0.508. The lowest BCUT2D eigenvalue weighted by Crippen LogP contribution is -2.00. The Balaban J connectivity index is 2.34. The summed E-state index contributed by atoms with van der Waals surface area (Å²) in [7, 11) is 0. The molecule has 0 radical (unpaired) electrons. The second-order valence-corrected chi connectivity index (χ2v) is 6.26. The van der Waals surface area contributed by atoms with Gasteiger partial charge >= 0.3 is 0 Å². The smallest absolute Gasteiger partial charge is 0.129 e. The van der Waals surface area contributed by atoms with Gasteiger partial charge in [-0.05, 0) is 52.3 Å². The van der Waals surface area contributed by atoms with Crippen LogP contribution in [-0.2, 0) is 5.88 Å². The standard InChI is InChI=1S/C14H8Br2ClFN2/c15-8-1-3-13-11(5-8)19-14(7-17)20(13)12-4-2-9(18)6-10(12)16/h1-6H,7H2. The van der Waals surface area contributed by atoms with Crippen molar-refractivity contribution in [3.63, 3.8) is 0 Å². The van der Waals surface area contributed by atoms with Crippen LogP contribution in [0.1, 0.15) is 5.82 Å². The molecule has 6 heteroatoms. The monoisotopic (exact) mass is 416 g/mol. The normalized spacial score (nSPS) is 11.2. The third-order valence-corrected chi connectivity index (χ3v) is 4.32. The molecule has 0 spiro atoms. The molecular formula is C14H8Br2ClFN2. The first-order valence-electron chi connectivity index (χ1n) is 5.78. The van der Waals surface area contributed by atoms with E-state index in [4.69, 9.17) is 11.6 Å². The Morgan fingerprint density at radius 2 is 1.95 bits per heavy atom. The Hall–Kier alpha value is -0.910. The molecule has 1 heterocycles. The average molecular weight is 418 g/mol. The van der Waals surface area contributed by atoms with Crippen molar-refractivity contribution >= 4 is 54.5 Å².